The Bertz CT molecular complexity index is 1170. The Morgan fingerprint density at radius 2 is 1.86 bits per heavy atom. The lowest BCUT2D eigenvalue weighted by molar-refractivity contribution is -0.140. The van der Waals surface area contributed by atoms with Crippen molar-refractivity contribution >= 4 is 38.9 Å². The summed E-state index contributed by atoms with van der Waals surface area (Å²) >= 11 is 0.857. The number of amides is 1. The molecule has 0 fully saturated rings. The average molecular weight is 422 g/mol. The summed E-state index contributed by atoms with van der Waals surface area (Å²) < 4.78 is 49.2. The molecule has 1 aliphatic rings. The van der Waals surface area contributed by atoms with Crippen LogP contribution in [0.25, 0.3) is 10.2 Å². The number of Topliss-reactive ketones (excluding diaryl/α,β-unsaturated/α-hetero) is 1. The number of ketones is 1. The van der Waals surface area contributed by atoms with Gasteiger partial charge < -0.3 is 14.8 Å². The second kappa shape index (κ2) is 6.73. The molecule has 1 aromatic carbocycles. The van der Waals surface area contributed by atoms with Gasteiger partial charge in [-0.05, 0) is 37.6 Å². The number of carbonyl (C=O) groups excluding carboxylic acids is 2. The third-order valence-corrected chi connectivity index (χ3v) is 5.64. The molecule has 1 aliphatic heterocycles. The molecule has 150 valence electrons. The molecule has 4 rings (SSSR count). The van der Waals surface area contributed by atoms with Crippen molar-refractivity contribution < 1.29 is 32.2 Å². The molecule has 10 heteroatoms. The molecule has 3 heterocycles. The first kappa shape index (κ1) is 19.2. The van der Waals surface area contributed by atoms with Crippen LogP contribution in [0, 0.1) is 6.92 Å². The number of anilines is 1. The second-order valence-electron chi connectivity index (χ2n) is 6.36. The van der Waals surface area contributed by atoms with Crippen molar-refractivity contribution in [2.75, 3.05) is 12.1 Å². The van der Waals surface area contributed by atoms with E-state index in [2.05, 4.69) is 10.3 Å². The number of ether oxygens (including phenoxy) is 2. The topological polar surface area (TPSA) is 77.5 Å². The standard InChI is InChI=1S/C19H13F3N2O4S/c1-8-10-3-4-15(19(20,21)22)24-18(10)29-16(8)17(26)23-12-6-14-13(27-7-28-14)5-11(12)9(2)25/h3-6H,7H2,1-2H3,(H,23,26). The SMILES string of the molecule is CC(=O)c1cc2c(cc1NC(=O)c1sc3nc(C(F)(F)F)ccc3c1C)OCO2. The summed E-state index contributed by atoms with van der Waals surface area (Å²) in [4.78, 5) is 28.7. The Morgan fingerprint density at radius 1 is 1.17 bits per heavy atom. The predicted octanol–water partition coefficient (Wildman–Crippen LogP) is 4.81. The van der Waals surface area contributed by atoms with Gasteiger partial charge >= 0.3 is 6.18 Å². The quantitative estimate of drug-likeness (QED) is 0.613. The van der Waals surface area contributed by atoms with E-state index in [1.165, 1.54) is 25.1 Å². The normalized spacial score (nSPS) is 13.0. The average Bonchev–Trinajstić information content (AvgIpc) is 3.23. The van der Waals surface area contributed by atoms with Gasteiger partial charge in [0.1, 0.15) is 10.5 Å². The van der Waals surface area contributed by atoms with E-state index in [1.54, 1.807) is 6.92 Å². The number of rotatable bonds is 3. The molecule has 0 unspecified atom stereocenters. The minimum atomic E-state index is -4.57. The highest BCUT2D eigenvalue weighted by atomic mass is 32.1. The molecule has 0 saturated carbocycles. The zero-order valence-electron chi connectivity index (χ0n) is 15.1. The number of aromatic nitrogens is 1. The van der Waals surface area contributed by atoms with Crippen molar-refractivity contribution in [1.82, 2.24) is 4.98 Å². The maximum atomic E-state index is 12.9. The van der Waals surface area contributed by atoms with Gasteiger partial charge in [-0.1, -0.05) is 0 Å². The van der Waals surface area contributed by atoms with E-state index in [9.17, 15) is 22.8 Å². The molecule has 0 bridgehead atoms. The van der Waals surface area contributed by atoms with E-state index in [-0.39, 0.29) is 33.5 Å². The summed E-state index contributed by atoms with van der Waals surface area (Å²) in [5, 5.41) is 3.11. The van der Waals surface area contributed by atoms with Crippen LogP contribution in [-0.4, -0.2) is 23.5 Å². The third kappa shape index (κ3) is 3.39. The van der Waals surface area contributed by atoms with Crippen molar-refractivity contribution in [2.24, 2.45) is 0 Å². The van der Waals surface area contributed by atoms with Gasteiger partial charge in [-0.3, -0.25) is 9.59 Å². The van der Waals surface area contributed by atoms with Crippen molar-refractivity contribution in [3.05, 3.63) is 46.0 Å². The van der Waals surface area contributed by atoms with Crippen LogP contribution in [0.3, 0.4) is 0 Å². The van der Waals surface area contributed by atoms with Gasteiger partial charge in [-0.2, -0.15) is 13.2 Å². The molecule has 1 amide bonds. The van der Waals surface area contributed by atoms with Crippen LogP contribution in [0.4, 0.5) is 18.9 Å². The van der Waals surface area contributed by atoms with E-state index >= 15 is 0 Å². The molecule has 0 saturated heterocycles. The minimum Gasteiger partial charge on any atom is -0.454 e. The van der Waals surface area contributed by atoms with E-state index in [1.807, 2.05) is 0 Å². The lowest BCUT2D eigenvalue weighted by Crippen LogP contribution is -2.14. The lowest BCUT2D eigenvalue weighted by atomic mass is 10.1. The van der Waals surface area contributed by atoms with Gasteiger partial charge in [0.25, 0.3) is 5.91 Å². The summed E-state index contributed by atoms with van der Waals surface area (Å²) in [6, 6.07) is 5.15. The number of hydrogen-bond donors (Lipinski definition) is 1. The number of fused-ring (bicyclic) bond motifs is 2. The Kier molecular flexibility index (Phi) is 4.45. The van der Waals surface area contributed by atoms with Gasteiger partial charge in [0.15, 0.2) is 17.3 Å². The summed E-state index contributed by atoms with van der Waals surface area (Å²) in [6.07, 6.45) is -4.57. The van der Waals surface area contributed by atoms with E-state index in [0.29, 0.717) is 22.4 Å². The molecule has 0 radical (unpaired) electrons. The fourth-order valence-electron chi connectivity index (χ4n) is 2.99. The first-order valence-corrected chi connectivity index (χ1v) is 9.20. The van der Waals surface area contributed by atoms with Crippen molar-refractivity contribution in [3.8, 4) is 11.5 Å². The van der Waals surface area contributed by atoms with Gasteiger partial charge in [-0.25, -0.2) is 4.98 Å². The fraction of sp³-hybridized carbons (Fsp3) is 0.211. The number of carbonyl (C=O) groups is 2. The zero-order chi connectivity index (χ0) is 20.9. The number of nitrogens with one attached hydrogen (secondary N) is 1. The smallest absolute Gasteiger partial charge is 0.433 e. The zero-order valence-corrected chi connectivity index (χ0v) is 16.0. The summed E-state index contributed by atoms with van der Waals surface area (Å²) in [6.45, 7) is 2.99. The molecular weight excluding hydrogens is 409 g/mol. The summed E-state index contributed by atoms with van der Waals surface area (Å²) in [5.41, 5.74) is -0.0481. The molecule has 0 aliphatic carbocycles. The van der Waals surface area contributed by atoms with Crippen molar-refractivity contribution in [3.63, 3.8) is 0 Å². The van der Waals surface area contributed by atoms with Gasteiger partial charge in [0, 0.05) is 17.0 Å². The number of aryl methyl sites for hydroxylation is 1. The second-order valence-corrected chi connectivity index (χ2v) is 7.36. The van der Waals surface area contributed by atoms with E-state index < -0.39 is 17.8 Å². The maximum Gasteiger partial charge on any atom is 0.433 e. The van der Waals surface area contributed by atoms with Crippen molar-refractivity contribution in [1.29, 1.82) is 0 Å². The number of thiophene rings is 1. The largest absolute Gasteiger partial charge is 0.454 e. The Morgan fingerprint density at radius 3 is 2.52 bits per heavy atom. The number of hydrogen-bond acceptors (Lipinski definition) is 6. The Labute approximate surface area is 166 Å². The van der Waals surface area contributed by atoms with Gasteiger partial charge in [0.05, 0.1) is 10.6 Å². The van der Waals surface area contributed by atoms with Crippen LogP contribution < -0.4 is 14.8 Å². The molecule has 3 aromatic rings. The molecule has 0 atom stereocenters. The van der Waals surface area contributed by atoms with Gasteiger partial charge in [0.2, 0.25) is 6.79 Å². The van der Waals surface area contributed by atoms with Crippen LogP contribution in [0.5, 0.6) is 11.5 Å². The Hall–Kier alpha value is -3.14. The van der Waals surface area contributed by atoms with Crippen LogP contribution in [0.2, 0.25) is 0 Å². The number of halogens is 3. The number of alkyl halides is 3. The van der Waals surface area contributed by atoms with Crippen LogP contribution in [-0.2, 0) is 6.18 Å². The molecule has 6 nitrogen and oxygen atoms in total. The van der Waals surface area contributed by atoms with Crippen molar-refractivity contribution in [2.45, 2.75) is 20.0 Å². The van der Waals surface area contributed by atoms with E-state index in [0.717, 1.165) is 17.4 Å². The lowest BCUT2D eigenvalue weighted by Gasteiger charge is -2.10. The van der Waals surface area contributed by atoms with Crippen LogP contribution >= 0.6 is 11.3 Å². The molecule has 2 aromatic heterocycles. The first-order valence-electron chi connectivity index (χ1n) is 8.38. The highest BCUT2D eigenvalue weighted by Gasteiger charge is 2.33. The molecule has 0 spiro atoms. The van der Waals surface area contributed by atoms with Crippen LogP contribution in [0.15, 0.2) is 24.3 Å². The number of benzene rings is 1. The summed E-state index contributed by atoms with van der Waals surface area (Å²) in [5.74, 6) is -0.0615. The Balaban J connectivity index is 1.71. The fourth-order valence-corrected chi connectivity index (χ4v) is 4.06. The predicted molar refractivity (Wildman–Crippen MR) is 99.9 cm³/mol. The van der Waals surface area contributed by atoms with Gasteiger partial charge in [-0.15, -0.1) is 11.3 Å². The highest BCUT2D eigenvalue weighted by Crippen LogP contribution is 2.38. The van der Waals surface area contributed by atoms with E-state index in [4.69, 9.17) is 9.47 Å². The minimum absolute atomic E-state index is 0.00665. The molecule has 29 heavy (non-hydrogen) atoms. The first-order chi connectivity index (χ1) is 13.6. The molecular formula is C19H13F3N2O4S. The third-order valence-electron chi connectivity index (χ3n) is 4.44. The van der Waals surface area contributed by atoms with Crippen LogP contribution in [0.1, 0.15) is 38.2 Å². The maximum absolute atomic E-state index is 12.9. The number of pyridine rings is 1. The molecule has 1 N–H and O–H groups in total. The number of nitrogens with zero attached hydrogens (tertiary/aromatic N) is 1. The highest BCUT2D eigenvalue weighted by molar-refractivity contribution is 7.20. The monoisotopic (exact) mass is 422 g/mol. The summed E-state index contributed by atoms with van der Waals surface area (Å²) in [7, 11) is 0.